The SMILES string of the molecule is CC(C)(C)c1ccc2oc(=O)cc(CNC(=O)C3CCCO3)c2c1. The maximum atomic E-state index is 12.1. The lowest BCUT2D eigenvalue weighted by atomic mass is 9.86. The van der Waals surface area contributed by atoms with Crippen LogP contribution in [0.3, 0.4) is 0 Å². The molecule has 1 aliphatic rings. The molecular formula is C19H23NO4. The van der Waals surface area contributed by atoms with Gasteiger partial charge in [-0.3, -0.25) is 4.79 Å². The smallest absolute Gasteiger partial charge is 0.336 e. The maximum absolute atomic E-state index is 12.1. The fourth-order valence-corrected chi connectivity index (χ4v) is 2.92. The highest BCUT2D eigenvalue weighted by Crippen LogP contribution is 2.27. The zero-order valence-corrected chi connectivity index (χ0v) is 14.3. The first kappa shape index (κ1) is 16.7. The van der Waals surface area contributed by atoms with Gasteiger partial charge in [-0.05, 0) is 41.5 Å². The molecular weight excluding hydrogens is 306 g/mol. The first-order chi connectivity index (χ1) is 11.3. The van der Waals surface area contributed by atoms with Crippen molar-refractivity contribution in [2.24, 2.45) is 0 Å². The lowest BCUT2D eigenvalue weighted by Gasteiger charge is -2.20. The third-order valence-electron chi connectivity index (χ3n) is 4.37. The van der Waals surface area contributed by atoms with Crippen molar-refractivity contribution >= 4 is 16.9 Å². The minimum absolute atomic E-state index is 0.0114. The van der Waals surface area contributed by atoms with E-state index in [2.05, 4.69) is 26.1 Å². The summed E-state index contributed by atoms with van der Waals surface area (Å²) in [6.45, 7) is 7.31. The van der Waals surface area contributed by atoms with Gasteiger partial charge >= 0.3 is 5.63 Å². The number of benzene rings is 1. The quantitative estimate of drug-likeness (QED) is 0.879. The summed E-state index contributed by atoms with van der Waals surface area (Å²) >= 11 is 0. The number of carbonyl (C=O) groups excluding carboxylic acids is 1. The summed E-state index contributed by atoms with van der Waals surface area (Å²) in [4.78, 5) is 23.9. The summed E-state index contributed by atoms with van der Waals surface area (Å²) in [7, 11) is 0. The van der Waals surface area contributed by atoms with Crippen LogP contribution in [0, 0.1) is 0 Å². The van der Waals surface area contributed by atoms with E-state index in [1.807, 2.05) is 18.2 Å². The van der Waals surface area contributed by atoms with Gasteiger partial charge in [-0.2, -0.15) is 0 Å². The number of carbonyl (C=O) groups is 1. The number of nitrogens with one attached hydrogen (secondary N) is 1. The molecule has 0 bridgehead atoms. The molecule has 0 spiro atoms. The Kier molecular flexibility index (Phi) is 4.45. The van der Waals surface area contributed by atoms with Crippen molar-refractivity contribution < 1.29 is 13.9 Å². The van der Waals surface area contributed by atoms with Crippen LogP contribution in [0.4, 0.5) is 0 Å². The minimum atomic E-state index is -0.410. The molecule has 0 aliphatic carbocycles. The van der Waals surface area contributed by atoms with Gasteiger partial charge in [0.05, 0.1) is 0 Å². The summed E-state index contributed by atoms with van der Waals surface area (Å²) in [5.74, 6) is -0.124. The summed E-state index contributed by atoms with van der Waals surface area (Å²) in [5, 5.41) is 3.73. The van der Waals surface area contributed by atoms with Crippen LogP contribution >= 0.6 is 0 Å². The van der Waals surface area contributed by atoms with Crippen molar-refractivity contribution in [3.8, 4) is 0 Å². The van der Waals surface area contributed by atoms with E-state index in [0.29, 0.717) is 12.2 Å². The average molecular weight is 329 g/mol. The van der Waals surface area contributed by atoms with Gasteiger partial charge in [0, 0.05) is 24.6 Å². The zero-order chi connectivity index (χ0) is 17.3. The molecule has 1 amide bonds. The van der Waals surface area contributed by atoms with Crippen LogP contribution in [0.15, 0.2) is 33.5 Å². The van der Waals surface area contributed by atoms with Gasteiger partial charge in [0.25, 0.3) is 0 Å². The number of amides is 1. The molecule has 1 aliphatic heterocycles. The normalized spacial score (nSPS) is 18.0. The van der Waals surface area contributed by atoms with Crippen LogP contribution in [0.5, 0.6) is 0 Å². The van der Waals surface area contributed by atoms with Crippen molar-refractivity contribution in [1.82, 2.24) is 5.32 Å². The summed E-state index contributed by atoms with van der Waals surface area (Å²) in [6.07, 6.45) is 1.28. The van der Waals surface area contributed by atoms with Gasteiger partial charge < -0.3 is 14.5 Å². The Labute approximate surface area is 141 Å². The third kappa shape index (κ3) is 3.51. The van der Waals surface area contributed by atoms with Crippen LogP contribution in [-0.4, -0.2) is 18.6 Å². The number of hydrogen-bond acceptors (Lipinski definition) is 4. The predicted octanol–water partition coefficient (Wildman–Crippen LogP) is 2.89. The fraction of sp³-hybridized carbons (Fsp3) is 0.474. The highest BCUT2D eigenvalue weighted by Gasteiger charge is 2.23. The lowest BCUT2D eigenvalue weighted by molar-refractivity contribution is -0.130. The number of rotatable bonds is 3. The molecule has 0 radical (unpaired) electrons. The van der Waals surface area contributed by atoms with E-state index in [0.717, 1.165) is 29.4 Å². The van der Waals surface area contributed by atoms with Gasteiger partial charge in [0.15, 0.2) is 0 Å². The van der Waals surface area contributed by atoms with E-state index in [-0.39, 0.29) is 24.0 Å². The second kappa shape index (κ2) is 6.40. The molecule has 1 saturated heterocycles. The Morgan fingerprint density at radius 2 is 2.08 bits per heavy atom. The molecule has 1 fully saturated rings. The lowest BCUT2D eigenvalue weighted by Crippen LogP contribution is -2.33. The molecule has 2 aromatic rings. The van der Waals surface area contributed by atoms with Gasteiger partial charge in [-0.1, -0.05) is 26.8 Å². The van der Waals surface area contributed by atoms with Crippen LogP contribution in [0.25, 0.3) is 11.0 Å². The molecule has 3 rings (SSSR count). The Hall–Kier alpha value is -2.14. The van der Waals surface area contributed by atoms with Crippen molar-refractivity contribution in [2.75, 3.05) is 6.61 Å². The first-order valence-electron chi connectivity index (χ1n) is 8.31. The monoisotopic (exact) mass is 329 g/mol. The van der Waals surface area contributed by atoms with Crippen LogP contribution < -0.4 is 10.9 Å². The van der Waals surface area contributed by atoms with Crippen molar-refractivity contribution in [3.63, 3.8) is 0 Å². The fourth-order valence-electron chi connectivity index (χ4n) is 2.92. The van der Waals surface area contributed by atoms with Gasteiger partial charge in [-0.15, -0.1) is 0 Å². The summed E-state index contributed by atoms with van der Waals surface area (Å²) < 4.78 is 10.7. The highest BCUT2D eigenvalue weighted by atomic mass is 16.5. The molecule has 1 aromatic heterocycles. The first-order valence-corrected chi connectivity index (χ1v) is 8.31. The van der Waals surface area contributed by atoms with Crippen LogP contribution in [0.2, 0.25) is 0 Å². The van der Waals surface area contributed by atoms with E-state index >= 15 is 0 Å². The van der Waals surface area contributed by atoms with Gasteiger partial charge in [0.1, 0.15) is 11.7 Å². The van der Waals surface area contributed by atoms with Crippen LogP contribution in [0.1, 0.15) is 44.7 Å². The largest absolute Gasteiger partial charge is 0.423 e. The number of ether oxygens (including phenoxy) is 1. The topological polar surface area (TPSA) is 68.5 Å². The van der Waals surface area contributed by atoms with E-state index < -0.39 is 5.63 Å². The number of fused-ring (bicyclic) bond motifs is 1. The Bertz CT molecular complexity index is 810. The molecule has 1 unspecified atom stereocenters. The molecule has 1 aromatic carbocycles. The Morgan fingerprint density at radius 1 is 1.29 bits per heavy atom. The highest BCUT2D eigenvalue weighted by molar-refractivity contribution is 5.83. The standard InChI is InChI=1S/C19H23NO4/c1-19(2,3)13-6-7-15-14(10-13)12(9-17(21)24-15)11-20-18(22)16-5-4-8-23-16/h6-7,9-10,16H,4-5,8,11H2,1-3H3,(H,20,22). The molecule has 5 heteroatoms. The molecule has 1 atom stereocenters. The van der Waals surface area contributed by atoms with Crippen molar-refractivity contribution in [1.29, 1.82) is 0 Å². The molecule has 1 N–H and O–H groups in total. The Balaban J connectivity index is 1.90. The zero-order valence-electron chi connectivity index (χ0n) is 14.3. The molecule has 128 valence electrons. The average Bonchev–Trinajstić information content (AvgIpc) is 3.05. The molecule has 5 nitrogen and oxygen atoms in total. The van der Waals surface area contributed by atoms with Crippen molar-refractivity contribution in [3.05, 3.63) is 45.8 Å². The van der Waals surface area contributed by atoms with Gasteiger partial charge in [0.2, 0.25) is 5.91 Å². The summed E-state index contributed by atoms with van der Waals surface area (Å²) in [5.41, 5.74) is 2.03. The van der Waals surface area contributed by atoms with E-state index in [9.17, 15) is 9.59 Å². The molecule has 24 heavy (non-hydrogen) atoms. The minimum Gasteiger partial charge on any atom is -0.423 e. The van der Waals surface area contributed by atoms with Crippen molar-refractivity contribution in [2.45, 2.75) is 51.7 Å². The second-order valence-corrected chi connectivity index (χ2v) is 7.27. The van der Waals surface area contributed by atoms with E-state index in [1.165, 1.54) is 6.07 Å². The van der Waals surface area contributed by atoms with Gasteiger partial charge in [-0.25, -0.2) is 4.79 Å². The second-order valence-electron chi connectivity index (χ2n) is 7.27. The molecule has 2 heterocycles. The summed E-state index contributed by atoms with van der Waals surface area (Å²) in [6, 6.07) is 7.28. The van der Waals surface area contributed by atoms with Crippen LogP contribution in [-0.2, 0) is 21.5 Å². The number of hydrogen-bond donors (Lipinski definition) is 1. The Morgan fingerprint density at radius 3 is 2.75 bits per heavy atom. The van der Waals surface area contributed by atoms with E-state index in [1.54, 1.807) is 0 Å². The predicted molar refractivity (Wildman–Crippen MR) is 92.0 cm³/mol. The molecule has 0 saturated carbocycles. The van der Waals surface area contributed by atoms with E-state index in [4.69, 9.17) is 9.15 Å². The third-order valence-corrected chi connectivity index (χ3v) is 4.37. The maximum Gasteiger partial charge on any atom is 0.336 e.